The van der Waals surface area contributed by atoms with Crippen molar-refractivity contribution in [2.45, 2.75) is 26.7 Å². The first-order valence-electron chi connectivity index (χ1n) is 6.11. The van der Waals surface area contributed by atoms with Crippen LogP contribution in [0.5, 0.6) is 0 Å². The second kappa shape index (κ2) is 6.35. The average Bonchev–Trinajstić information content (AvgIpc) is 2.41. The molecule has 0 bridgehead atoms. The highest BCUT2D eigenvalue weighted by Crippen LogP contribution is 2.25. The minimum atomic E-state index is -0.972. The van der Waals surface area contributed by atoms with Crippen LogP contribution in [0.15, 0.2) is 18.3 Å². The number of pyridine rings is 1. The van der Waals surface area contributed by atoms with E-state index in [0.717, 1.165) is 12.8 Å². The van der Waals surface area contributed by atoms with Crippen molar-refractivity contribution >= 4 is 11.8 Å². The van der Waals surface area contributed by atoms with Gasteiger partial charge in [-0.3, -0.25) is 0 Å². The Labute approximate surface area is 107 Å². The minimum absolute atomic E-state index is 0.103. The molecule has 0 amide bonds. The van der Waals surface area contributed by atoms with E-state index in [9.17, 15) is 9.90 Å². The van der Waals surface area contributed by atoms with Crippen molar-refractivity contribution in [1.29, 1.82) is 0 Å². The van der Waals surface area contributed by atoms with Crippen molar-refractivity contribution in [3.63, 3.8) is 0 Å². The molecular weight excluding hydrogens is 232 g/mol. The number of aliphatic hydroxyl groups is 1. The maximum atomic E-state index is 10.8. The molecule has 0 fully saturated rings. The third-order valence-corrected chi connectivity index (χ3v) is 3.49. The summed E-state index contributed by atoms with van der Waals surface area (Å²) in [5.41, 5.74) is 0.0241. The highest BCUT2D eigenvalue weighted by Gasteiger charge is 2.25. The van der Waals surface area contributed by atoms with Crippen LogP contribution in [0.4, 0.5) is 5.82 Å². The van der Waals surface area contributed by atoms with Gasteiger partial charge in [0, 0.05) is 18.2 Å². The highest BCUT2D eigenvalue weighted by atomic mass is 16.4. The predicted molar refractivity (Wildman–Crippen MR) is 69.8 cm³/mol. The average molecular weight is 252 g/mol. The lowest BCUT2D eigenvalue weighted by Gasteiger charge is -2.29. The van der Waals surface area contributed by atoms with Crippen LogP contribution in [0.2, 0.25) is 0 Å². The SMILES string of the molecule is CCC(CC)(CO)CNc1cc(C(=O)O)ccn1. The normalized spacial score (nSPS) is 11.3. The molecule has 0 saturated carbocycles. The molecular formula is C13H20N2O3. The summed E-state index contributed by atoms with van der Waals surface area (Å²) in [4.78, 5) is 14.9. The summed E-state index contributed by atoms with van der Waals surface area (Å²) in [5.74, 6) is -0.450. The lowest BCUT2D eigenvalue weighted by Crippen LogP contribution is -2.32. The highest BCUT2D eigenvalue weighted by molar-refractivity contribution is 5.88. The van der Waals surface area contributed by atoms with Gasteiger partial charge in [-0.1, -0.05) is 13.8 Å². The zero-order valence-corrected chi connectivity index (χ0v) is 10.8. The third-order valence-electron chi connectivity index (χ3n) is 3.49. The molecule has 0 radical (unpaired) electrons. The first-order chi connectivity index (χ1) is 8.56. The van der Waals surface area contributed by atoms with Crippen LogP contribution in [0.25, 0.3) is 0 Å². The number of carboxylic acid groups (broad SMARTS) is 1. The van der Waals surface area contributed by atoms with Gasteiger partial charge in [-0.25, -0.2) is 9.78 Å². The Bertz CT molecular complexity index is 395. The van der Waals surface area contributed by atoms with Crippen LogP contribution in [0.3, 0.4) is 0 Å². The maximum absolute atomic E-state index is 10.8. The van der Waals surface area contributed by atoms with Crippen molar-refractivity contribution in [2.24, 2.45) is 5.41 Å². The Hall–Kier alpha value is -1.62. The topological polar surface area (TPSA) is 82.5 Å². The van der Waals surface area contributed by atoms with Crippen LogP contribution in [-0.2, 0) is 0 Å². The molecule has 1 rings (SSSR count). The van der Waals surface area contributed by atoms with E-state index in [2.05, 4.69) is 10.3 Å². The Morgan fingerprint density at radius 1 is 1.44 bits per heavy atom. The molecule has 0 atom stereocenters. The van der Waals surface area contributed by atoms with Gasteiger partial charge in [0.15, 0.2) is 0 Å². The lowest BCUT2D eigenvalue weighted by molar-refractivity contribution is 0.0696. The van der Waals surface area contributed by atoms with Gasteiger partial charge in [-0.2, -0.15) is 0 Å². The summed E-state index contributed by atoms with van der Waals surface area (Å²) in [6.07, 6.45) is 3.17. The van der Waals surface area contributed by atoms with Crippen LogP contribution in [0, 0.1) is 5.41 Å². The summed E-state index contributed by atoms with van der Waals surface area (Å²) < 4.78 is 0. The number of hydrogen-bond acceptors (Lipinski definition) is 4. The van der Waals surface area contributed by atoms with Crippen molar-refractivity contribution in [3.05, 3.63) is 23.9 Å². The molecule has 18 heavy (non-hydrogen) atoms. The summed E-state index contributed by atoms with van der Waals surface area (Å²) >= 11 is 0. The number of aromatic carboxylic acids is 1. The summed E-state index contributed by atoms with van der Waals surface area (Å²) in [7, 11) is 0. The molecule has 1 heterocycles. The fraction of sp³-hybridized carbons (Fsp3) is 0.538. The number of rotatable bonds is 7. The second-order valence-corrected chi connectivity index (χ2v) is 4.45. The minimum Gasteiger partial charge on any atom is -0.478 e. The Morgan fingerprint density at radius 3 is 2.61 bits per heavy atom. The Morgan fingerprint density at radius 2 is 2.11 bits per heavy atom. The maximum Gasteiger partial charge on any atom is 0.335 e. The molecule has 5 nitrogen and oxygen atoms in total. The van der Waals surface area contributed by atoms with E-state index in [4.69, 9.17) is 5.11 Å². The van der Waals surface area contributed by atoms with Gasteiger partial charge >= 0.3 is 5.97 Å². The number of aliphatic hydroxyl groups excluding tert-OH is 1. The monoisotopic (exact) mass is 252 g/mol. The number of carbonyl (C=O) groups is 1. The quantitative estimate of drug-likeness (QED) is 0.691. The second-order valence-electron chi connectivity index (χ2n) is 4.45. The smallest absolute Gasteiger partial charge is 0.335 e. The zero-order chi connectivity index (χ0) is 13.6. The Kier molecular flexibility index (Phi) is 5.09. The van der Waals surface area contributed by atoms with Crippen molar-refractivity contribution in [2.75, 3.05) is 18.5 Å². The van der Waals surface area contributed by atoms with Crippen molar-refractivity contribution in [3.8, 4) is 0 Å². The van der Waals surface area contributed by atoms with Crippen molar-refractivity contribution < 1.29 is 15.0 Å². The first kappa shape index (κ1) is 14.4. The van der Waals surface area contributed by atoms with Gasteiger partial charge in [0.1, 0.15) is 5.82 Å². The van der Waals surface area contributed by atoms with Crippen LogP contribution < -0.4 is 5.32 Å². The molecule has 0 spiro atoms. The molecule has 0 aliphatic rings. The van der Waals surface area contributed by atoms with Crippen LogP contribution in [0.1, 0.15) is 37.0 Å². The largest absolute Gasteiger partial charge is 0.478 e. The summed E-state index contributed by atoms with van der Waals surface area (Å²) in [5, 5.41) is 21.4. The van der Waals surface area contributed by atoms with E-state index < -0.39 is 5.97 Å². The lowest BCUT2D eigenvalue weighted by atomic mass is 9.83. The van der Waals surface area contributed by atoms with Crippen LogP contribution in [-0.4, -0.2) is 34.3 Å². The Balaban J connectivity index is 2.73. The standard InChI is InChI=1S/C13H20N2O3/c1-3-13(4-2,9-16)8-15-11-7-10(12(17)18)5-6-14-11/h5-7,16H,3-4,8-9H2,1-2H3,(H,14,15)(H,17,18). The summed E-state index contributed by atoms with van der Waals surface area (Å²) in [6, 6.07) is 2.95. The molecule has 5 heteroatoms. The number of anilines is 1. The van der Waals surface area contributed by atoms with Crippen molar-refractivity contribution in [1.82, 2.24) is 4.98 Å². The fourth-order valence-corrected chi connectivity index (χ4v) is 1.72. The number of hydrogen-bond donors (Lipinski definition) is 3. The zero-order valence-electron chi connectivity index (χ0n) is 10.8. The number of aromatic nitrogens is 1. The van der Waals surface area contributed by atoms with E-state index in [1.165, 1.54) is 18.3 Å². The van der Waals surface area contributed by atoms with Gasteiger partial charge in [0.05, 0.1) is 12.2 Å². The van der Waals surface area contributed by atoms with Gasteiger partial charge in [0.2, 0.25) is 0 Å². The first-order valence-corrected chi connectivity index (χ1v) is 6.11. The molecule has 0 aliphatic carbocycles. The van der Waals surface area contributed by atoms with E-state index in [-0.39, 0.29) is 17.6 Å². The van der Waals surface area contributed by atoms with Gasteiger partial charge in [0.25, 0.3) is 0 Å². The number of carboxylic acids is 1. The van der Waals surface area contributed by atoms with Gasteiger partial charge in [-0.15, -0.1) is 0 Å². The number of nitrogens with zero attached hydrogens (tertiary/aromatic N) is 1. The third kappa shape index (κ3) is 3.43. The fourth-order valence-electron chi connectivity index (χ4n) is 1.72. The molecule has 1 aromatic heterocycles. The molecule has 100 valence electrons. The van der Waals surface area contributed by atoms with E-state index in [1.54, 1.807) is 0 Å². The van der Waals surface area contributed by atoms with Crippen LogP contribution >= 0.6 is 0 Å². The molecule has 1 aromatic rings. The molecule has 0 aliphatic heterocycles. The van der Waals surface area contributed by atoms with E-state index in [0.29, 0.717) is 12.4 Å². The molecule has 0 aromatic carbocycles. The van der Waals surface area contributed by atoms with Gasteiger partial charge in [-0.05, 0) is 25.0 Å². The molecule has 0 unspecified atom stereocenters. The van der Waals surface area contributed by atoms with Gasteiger partial charge < -0.3 is 15.5 Å². The van der Waals surface area contributed by atoms with E-state index in [1.807, 2.05) is 13.8 Å². The number of nitrogens with one attached hydrogen (secondary N) is 1. The molecule has 0 saturated heterocycles. The summed E-state index contributed by atoms with van der Waals surface area (Å²) in [6.45, 7) is 4.74. The van der Waals surface area contributed by atoms with E-state index >= 15 is 0 Å². The molecule has 3 N–H and O–H groups in total. The predicted octanol–water partition coefficient (Wildman–Crippen LogP) is 1.99.